The highest BCUT2D eigenvalue weighted by molar-refractivity contribution is 5.87. The highest BCUT2D eigenvalue weighted by atomic mass is 16.5. The van der Waals surface area contributed by atoms with Crippen molar-refractivity contribution in [1.29, 1.82) is 0 Å². The van der Waals surface area contributed by atoms with Gasteiger partial charge < -0.3 is 14.5 Å². The van der Waals surface area contributed by atoms with Gasteiger partial charge in [0, 0.05) is 6.04 Å². The van der Waals surface area contributed by atoms with Crippen molar-refractivity contribution < 1.29 is 13.9 Å². The van der Waals surface area contributed by atoms with Crippen LogP contribution < -0.4 is 5.32 Å². The van der Waals surface area contributed by atoms with Crippen LogP contribution in [0.25, 0.3) is 0 Å². The summed E-state index contributed by atoms with van der Waals surface area (Å²) in [7, 11) is 0. The molecule has 1 aliphatic carbocycles. The van der Waals surface area contributed by atoms with Gasteiger partial charge in [0.25, 0.3) is 6.01 Å². The number of ether oxygens (including phenoxy) is 1. The summed E-state index contributed by atoms with van der Waals surface area (Å²) in [6.07, 6.45) is 6.08. The quantitative estimate of drug-likeness (QED) is 0.794. The van der Waals surface area contributed by atoms with Crippen LogP contribution in [0, 0.1) is 0 Å². The number of carbonyl (C=O) groups excluding carboxylic acids is 1. The van der Waals surface area contributed by atoms with E-state index in [-0.39, 0.29) is 5.69 Å². The summed E-state index contributed by atoms with van der Waals surface area (Å²) in [5, 5.41) is 3.17. The molecule has 0 aliphatic heterocycles. The second kappa shape index (κ2) is 5.01. The third-order valence-corrected chi connectivity index (χ3v) is 2.67. The van der Waals surface area contributed by atoms with E-state index in [0.29, 0.717) is 18.7 Å². The molecule has 0 unspecified atom stereocenters. The minimum atomic E-state index is -0.439. The van der Waals surface area contributed by atoms with Gasteiger partial charge in [-0.15, -0.1) is 0 Å². The monoisotopic (exact) mass is 224 g/mol. The first-order valence-electron chi connectivity index (χ1n) is 5.68. The third kappa shape index (κ3) is 2.53. The lowest BCUT2D eigenvalue weighted by Gasteiger charge is -2.08. The molecule has 1 saturated carbocycles. The first-order valence-corrected chi connectivity index (χ1v) is 5.68. The van der Waals surface area contributed by atoms with Crippen molar-refractivity contribution in [2.24, 2.45) is 0 Å². The van der Waals surface area contributed by atoms with E-state index in [1.54, 1.807) is 6.92 Å². The number of oxazole rings is 1. The molecule has 1 fully saturated rings. The van der Waals surface area contributed by atoms with E-state index >= 15 is 0 Å². The standard InChI is InChI=1S/C11H16N2O3/c1-2-15-10(14)9-7-16-11(13-9)12-8-5-3-4-6-8/h7-8H,2-6H2,1H3,(H,12,13). The summed E-state index contributed by atoms with van der Waals surface area (Å²) < 4.78 is 9.99. The van der Waals surface area contributed by atoms with Crippen LogP contribution in [-0.4, -0.2) is 23.6 Å². The molecule has 0 amide bonds. The number of rotatable bonds is 4. The Morgan fingerprint density at radius 3 is 3.06 bits per heavy atom. The minimum Gasteiger partial charge on any atom is -0.461 e. The van der Waals surface area contributed by atoms with Gasteiger partial charge in [-0.1, -0.05) is 12.8 Å². The summed E-state index contributed by atoms with van der Waals surface area (Å²) >= 11 is 0. The first-order chi connectivity index (χ1) is 7.79. The van der Waals surface area contributed by atoms with Crippen LogP contribution in [-0.2, 0) is 4.74 Å². The molecule has 1 aliphatic rings. The van der Waals surface area contributed by atoms with Crippen LogP contribution in [0.1, 0.15) is 43.1 Å². The topological polar surface area (TPSA) is 64.4 Å². The van der Waals surface area contributed by atoms with Crippen LogP contribution >= 0.6 is 0 Å². The van der Waals surface area contributed by atoms with E-state index in [0.717, 1.165) is 12.8 Å². The number of carbonyl (C=O) groups is 1. The van der Waals surface area contributed by atoms with Gasteiger partial charge in [-0.05, 0) is 19.8 Å². The highest BCUT2D eigenvalue weighted by Gasteiger charge is 2.18. The Labute approximate surface area is 94.2 Å². The molecule has 5 heteroatoms. The van der Waals surface area contributed by atoms with Gasteiger partial charge in [0.2, 0.25) is 0 Å². The first kappa shape index (κ1) is 11.0. The van der Waals surface area contributed by atoms with E-state index in [1.807, 2.05) is 0 Å². The van der Waals surface area contributed by atoms with Crippen molar-refractivity contribution in [1.82, 2.24) is 4.98 Å². The van der Waals surface area contributed by atoms with Gasteiger partial charge in [-0.25, -0.2) is 4.79 Å². The number of nitrogens with one attached hydrogen (secondary N) is 1. The number of hydrogen-bond acceptors (Lipinski definition) is 5. The Bertz CT molecular complexity index is 356. The van der Waals surface area contributed by atoms with Crippen molar-refractivity contribution in [3.63, 3.8) is 0 Å². The average molecular weight is 224 g/mol. The van der Waals surface area contributed by atoms with Crippen LogP contribution in [0.3, 0.4) is 0 Å². The lowest BCUT2D eigenvalue weighted by Crippen LogP contribution is -2.15. The molecule has 1 N–H and O–H groups in total. The minimum absolute atomic E-state index is 0.224. The Balaban J connectivity index is 1.93. The molecular weight excluding hydrogens is 208 g/mol. The summed E-state index contributed by atoms with van der Waals surface area (Å²) in [5.41, 5.74) is 0.224. The lowest BCUT2D eigenvalue weighted by molar-refractivity contribution is 0.0519. The third-order valence-electron chi connectivity index (χ3n) is 2.67. The fraction of sp³-hybridized carbons (Fsp3) is 0.636. The Kier molecular flexibility index (Phi) is 3.44. The zero-order chi connectivity index (χ0) is 11.4. The molecule has 0 saturated heterocycles. The number of anilines is 1. The maximum Gasteiger partial charge on any atom is 0.360 e. The summed E-state index contributed by atoms with van der Waals surface area (Å²) in [6.45, 7) is 2.10. The predicted octanol–water partition coefficient (Wildman–Crippen LogP) is 2.21. The fourth-order valence-corrected chi connectivity index (χ4v) is 1.88. The molecule has 1 aromatic rings. The smallest absolute Gasteiger partial charge is 0.360 e. The second-order valence-electron chi connectivity index (χ2n) is 3.88. The number of hydrogen-bond donors (Lipinski definition) is 1. The van der Waals surface area contributed by atoms with Crippen LogP contribution in [0.2, 0.25) is 0 Å². The summed E-state index contributed by atoms with van der Waals surface area (Å²) in [5.74, 6) is -0.439. The van der Waals surface area contributed by atoms with Crippen LogP contribution in [0.4, 0.5) is 6.01 Å². The van der Waals surface area contributed by atoms with Gasteiger partial charge in [-0.2, -0.15) is 4.98 Å². The van der Waals surface area contributed by atoms with E-state index < -0.39 is 5.97 Å². The SMILES string of the molecule is CCOC(=O)c1coc(NC2CCCC2)n1. The van der Waals surface area contributed by atoms with Gasteiger partial charge in [0.05, 0.1) is 6.61 Å². The summed E-state index contributed by atoms with van der Waals surface area (Å²) in [6, 6.07) is 0.837. The zero-order valence-corrected chi connectivity index (χ0v) is 9.36. The molecular formula is C11H16N2O3. The maximum atomic E-state index is 11.3. The van der Waals surface area contributed by atoms with E-state index in [4.69, 9.17) is 9.15 Å². The average Bonchev–Trinajstić information content (AvgIpc) is 2.90. The van der Waals surface area contributed by atoms with Crippen molar-refractivity contribution in [3.8, 4) is 0 Å². The zero-order valence-electron chi connectivity index (χ0n) is 9.36. The molecule has 1 aromatic heterocycles. The molecule has 0 atom stereocenters. The van der Waals surface area contributed by atoms with Crippen molar-refractivity contribution in [2.75, 3.05) is 11.9 Å². The molecule has 0 bridgehead atoms. The van der Waals surface area contributed by atoms with Gasteiger partial charge in [0.1, 0.15) is 6.26 Å². The molecule has 1 heterocycles. The van der Waals surface area contributed by atoms with Gasteiger partial charge in [0.15, 0.2) is 5.69 Å². The van der Waals surface area contributed by atoms with E-state index in [1.165, 1.54) is 19.1 Å². The molecule has 5 nitrogen and oxygen atoms in total. The maximum absolute atomic E-state index is 11.3. The van der Waals surface area contributed by atoms with Crippen molar-refractivity contribution >= 4 is 12.0 Å². The van der Waals surface area contributed by atoms with Crippen molar-refractivity contribution in [2.45, 2.75) is 38.6 Å². The molecule has 16 heavy (non-hydrogen) atoms. The Morgan fingerprint density at radius 2 is 2.38 bits per heavy atom. The number of aromatic nitrogens is 1. The number of esters is 1. The molecule has 0 spiro atoms. The fourth-order valence-electron chi connectivity index (χ4n) is 1.88. The lowest BCUT2D eigenvalue weighted by atomic mass is 10.3. The molecule has 2 rings (SSSR count). The van der Waals surface area contributed by atoms with E-state index in [9.17, 15) is 4.79 Å². The second-order valence-corrected chi connectivity index (χ2v) is 3.88. The Hall–Kier alpha value is -1.52. The van der Waals surface area contributed by atoms with Gasteiger partial charge >= 0.3 is 5.97 Å². The Morgan fingerprint density at radius 1 is 1.62 bits per heavy atom. The van der Waals surface area contributed by atoms with Crippen LogP contribution in [0.5, 0.6) is 0 Å². The normalized spacial score (nSPS) is 16.3. The van der Waals surface area contributed by atoms with E-state index in [2.05, 4.69) is 10.3 Å². The van der Waals surface area contributed by atoms with Gasteiger partial charge in [-0.3, -0.25) is 0 Å². The van der Waals surface area contributed by atoms with Crippen molar-refractivity contribution in [3.05, 3.63) is 12.0 Å². The van der Waals surface area contributed by atoms with Crippen LogP contribution in [0.15, 0.2) is 10.7 Å². The molecule has 88 valence electrons. The summed E-state index contributed by atoms with van der Waals surface area (Å²) in [4.78, 5) is 15.4. The predicted molar refractivity (Wildman–Crippen MR) is 58.3 cm³/mol. The molecule has 0 aromatic carbocycles. The largest absolute Gasteiger partial charge is 0.461 e. The highest BCUT2D eigenvalue weighted by Crippen LogP contribution is 2.21. The molecule has 0 radical (unpaired) electrons. The number of nitrogens with zero attached hydrogens (tertiary/aromatic N) is 1.